The van der Waals surface area contributed by atoms with Crippen LogP contribution in [0.25, 0.3) is 0 Å². The molecule has 1 aliphatic heterocycles. The van der Waals surface area contributed by atoms with E-state index < -0.39 is 35.8 Å². The Morgan fingerprint density at radius 1 is 1.30 bits per heavy atom. The third kappa shape index (κ3) is 4.56. The number of nitrogens with one attached hydrogen (secondary N) is 1. The number of ether oxygens (including phenoxy) is 2. The third-order valence-electron chi connectivity index (χ3n) is 3.36. The van der Waals surface area contributed by atoms with E-state index in [1.165, 1.54) is 25.1 Å². The van der Waals surface area contributed by atoms with Gasteiger partial charge in [-0.2, -0.15) is 13.2 Å². The maximum absolute atomic E-state index is 13.6. The van der Waals surface area contributed by atoms with Crippen molar-refractivity contribution in [2.24, 2.45) is 5.16 Å². The van der Waals surface area contributed by atoms with Gasteiger partial charge in [-0.05, 0) is 30.3 Å². The van der Waals surface area contributed by atoms with Crippen molar-refractivity contribution in [2.75, 3.05) is 7.11 Å². The number of esters is 1. The van der Waals surface area contributed by atoms with Gasteiger partial charge >= 0.3 is 23.8 Å². The molecule has 1 aromatic carbocycles. The molecule has 0 aromatic heterocycles. The molecule has 1 N–H and O–H groups in total. The Labute approximate surface area is 161 Å². The number of hydrogen-bond donors (Lipinski definition) is 1. The van der Waals surface area contributed by atoms with Gasteiger partial charge < -0.3 is 19.6 Å². The number of carbonyl (C=O) groups excluding carboxylic acids is 2. The lowest BCUT2D eigenvalue weighted by Gasteiger charge is -2.27. The molecule has 2 rings (SSSR count). The molecule has 27 heavy (non-hydrogen) atoms. The molecule has 0 spiro atoms. The highest BCUT2D eigenvalue weighted by Gasteiger charge is 2.70. The third-order valence-corrected chi connectivity index (χ3v) is 3.79. The first-order valence-corrected chi connectivity index (χ1v) is 8.10. The number of rotatable bonds is 5. The number of oxime groups is 1. The standard InChI is InChI=1S/C15H13Cl2F3N2O5/c1-7(3-11(23)25-2)21-13(24)14(15(18,19)20)26-12(22-27-14)8-4-9(16)6-10(17)5-8/h4-7H,3H2,1-2H3,(H,21,24)/t7-,14?/m0/s1. The SMILES string of the molecule is COC(=O)C[C@H](C)NC(=O)C1(C(F)(F)F)ON=C(c2cc(Cl)cc(Cl)c2)O1. The first-order chi connectivity index (χ1) is 12.5. The minimum atomic E-state index is -5.28. The van der Waals surface area contributed by atoms with Crippen LogP contribution in [0.5, 0.6) is 0 Å². The van der Waals surface area contributed by atoms with Crippen LogP contribution in [0.15, 0.2) is 23.4 Å². The summed E-state index contributed by atoms with van der Waals surface area (Å²) >= 11 is 11.6. The Hall–Kier alpha value is -2.20. The first kappa shape index (κ1) is 21.1. The van der Waals surface area contributed by atoms with Crippen molar-refractivity contribution < 1.29 is 37.1 Å². The molecule has 1 amide bonds. The zero-order chi connectivity index (χ0) is 20.4. The van der Waals surface area contributed by atoms with Crippen molar-refractivity contribution in [1.82, 2.24) is 5.32 Å². The number of nitrogens with zero attached hydrogens (tertiary/aromatic N) is 1. The summed E-state index contributed by atoms with van der Waals surface area (Å²) in [5.41, 5.74) is -0.0194. The zero-order valence-electron chi connectivity index (χ0n) is 13.9. The highest BCUT2D eigenvalue weighted by Crippen LogP contribution is 2.40. The first-order valence-electron chi connectivity index (χ1n) is 7.34. The van der Waals surface area contributed by atoms with Gasteiger partial charge in [0.1, 0.15) is 0 Å². The van der Waals surface area contributed by atoms with Crippen LogP contribution < -0.4 is 5.32 Å². The number of benzene rings is 1. The summed E-state index contributed by atoms with van der Waals surface area (Å²) in [6, 6.07) is 2.84. The van der Waals surface area contributed by atoms with Gasteiger partial charge in [-0.1, -0.05) is 23.2 Å². The van der Waals surface area contributed by atoms with E-state index in [2.05, 4.69) is 14.7 Å². The summed E-state index contributed by atoms with van der Waals surface area (Å²) in [4.78, 5) is 27.8. The molecule has 0 saturated carbocycles. The maximum atomic E-state index is 13.6. The van der Waals surface area contributed by atoms with Gasteiger partial charge in [-0.15, -0.1) is 0 Å². The topological polar surface area (TPSA) is 86.2 Å². The highest BCUT2D eigenvalue weighted by atomic mass is 35.5. The molecule has 148 valence electrons. The Bertz CT molecular complexity index is 767. The number of carbonyl (C=O) groups is 2. The summed E-state index contributed by atoms with van der Waals surface area (Å²) in [5.74, 6) is -6.75. The van der Waals surface area contributed by atoms with Gasteiger partial charge in [-0.3, -0.25) is 9.59 Å². The van der Waals surface area contributed by atoms with Crippen molar-refractivity contribution in [2.45, 2.75) is 31.3 Å². The summed E-state index contributed by atoms with van der Waals surface area (Å²) < 4.78 is 49.9. The lowest BCUT2D eigenvalue weighted by molar-refractivity contribution is -0.324. The zero-order valence-corrected chi connectivity index (χ0v) is 15.4. The number of halogens is 5. The highest BCUT2D eigenvalue weighted by molar-refractivity contribution is 6.35. The molecule has 0 fully saturated rings. The van der Waals surface area contributed by atoms with Crippen LogP contribution in [-0.4, -0.2) is 42.9 Å². The quantitative estimate of drug-likeness (QED) is 0.728. The lowest BCUT2D eigenvalue weighted by atomic mass is 10.1. The molecule has 1 aromatic rings. The van der Waals surface area contributed by atoms with Gasteiger partial charge in [0.05, 0.1) is 13.5 Å². The molecular weight excluding hydrogens is 416 g/mol. The van der Waals surface area contributed by atoms with E-state index in [0.717, 1.165) is 7.11 Å². The van der Waals surface area contributed by atoms with E-state index in [1.807, 2.05) is 5.32 Å². The number of alkyl halides is 3. The van der Waals surface area contributed by atoms with E-state index in [0.29, 0.717) is 0 Å². The largest absolute Gasteiger partial charge is 0.480 e. The van der Waals surface area contributed by atoms with Crippen LogP contribution in [0.3, 0.4) is 0 Å². The Balaban J connectivity index is 2.24. The molecule has 0 radical (unpaired) electrons. The molecule has 1 aliphatic rings. The molecule has 0 saturated heterocycles. The van der Waals surface area contributed by atoms with Crippen molar-refractivity contribution in [1.29, 1.82) is 0 Å². The normalized spacial score (nSPS) is 20.2. The van der Waals surface area contributed by atoms with Gasteiger partial charge in [-0.25, -0.2) is 0 Å². The van der Waals surface area contributed by atoms with Crippen LogP contribution in [0, 0.1) is 0 Å². The van der Waals surface area contributed by atoms with E-state index in [4.69, 9.17) is 27.9 Å². The van der Waals surface area contributed by atoms with Crippen LogP contribution in [-0.2, 0) is 23.9 Å². The number of hydrogen-bond acceptors (Lipinski definition) is 6. The Kier molecular flexibility index (Phi) is 6.10. The second-order valence-corrected chi connectivity index (χ2v) is 6.39. The minimum Gasteiger partial charge on any atom is -0.469 e. The fourth-order valence-electron chi connectivity index (χ4n) is 2.10. The van der Waals surface area contributed by atoms with E-state index in [1.54, 1.807) is 0 Å². The average molecular weight is 429 g/mol. The van der Waals surface area contributed by atoms with Crippen LogP contribution in [0.4, 0.5) is 13.2 Å². The second kappa shape index (κ2) is 7.81. The smallest absolute Gasteiger partial charge is 0.469 e. The summed E-state index contributed by atoms with van der Waals surface area (Å²) in [5, 5.41) is 5.44. The molecule has 7 nitrogen and oxygen atoms in total. The average Bonchev–Trinajstić information content (AvgIpc) is 3.00. The van der Waals surface area contributed by atoms with Crippen molar-refractivity contribution >= 4 is 41.0 Å². The van der Waals surface area contributed by atoms with E-state index in [-0.39, 0.29) is 22.0 Å². The maximum Gasteiger partial charge on any atom is 0.480 e. The molecule has 1 unspecified atom stereocenters. The van der Waals surface area contributed by atoms with Crippen LogP contribution in [0.2, 0.25) is 10.0 Å². The van der Waals surface area contributed by atoms with Gasteiger partial charge in [0.15, 0.2) is 0 Å². The number of methoxy groups -OCH3 is 1. The predicted octanol–water partition coefficient (Wildman–Crippen LogP) is 3.03. The van der Waals surface area contributed by atoms with Crippen molar-refractivity contribution in [3.05, 3.63) is 33.8 Å². The predicted molar refractivity (Wildman–Crippen MR) is 88.2 cm³/mol. The Morgan fingerprint density at radius 2 is 1.89 bits per heavy atom. The molecule has 2 atom stereocenters. The van der Waals surface area contributed by atoms with E-state index >= 15 is 0 Å². The van der Waals surface area contributed by atoms with Crippen molar-refractivity contribution in [3.8, 4) is 0 Å². The van der Waals surface area contributed by atoms with Crippen LogP contribution in [0.1, 0.15) is 18.9 Å². The van der Waals surface area contributed by atoms with E-state index in [9.17, 15) is 22.8 Å². The van der Waals surface area contributed by atoms with Crippen molar-refractivity contribution in [3.63, 3.8) is 0 Å². The molecule has 12 heteroatoms. The Morgan fingerprint density at radius 3 is 2.41 bits per heavy atom. The molecule has 0 bridgehead atoms. The molecular formula is C15H13Cl2F3N2O5. The number of amides is 1. The molecule has 0 aliphatic carbocycles. The van der Waals surface area contributed by atoms with Crippen LogP contribution >= 0.6 is 23.2 Å². The van der Waals surface area contributed by atoms with Gasteiger partial charge in [0, 0.05) is 21.7 Å². The minimum absolute atomic E-state index is 0.0194. The van der Waals surface area contributed by atoms with Gasteiger partial charge in [0.25, 0.3) is 5.90 Å². The monoisotopic (exact) mass is 428 g/mol. The second-order valence-electron chi connectivity index (χ2n) is 5.52. The summed E-state index contributed by atoms with van der Waals surface area (Å²) in [6.07, 6.45) is -5.64. The lowest BCUT2D eigenvalue weighted by Crippen LogP contribution is -2.60. The summed E-state index contributed by atoms with van der Waals surface area (Å²) in [7, 11) is 1.10. The summed E-state index contributed by atoms with van der Waals surface area (Å²) in [6.45, 7) is 1.31. The fourth-order valence-corrected chi connectivity index (χ4v) is 2.62. The fraction of sp³-hybridized carbons (Fsp3) is 0.400. The molecule has 1 heterocycles. The van der Waals surface area contributed by atoms with Gasteiger partial charge in [0.2, 0.25) is 0 Å².